The lowest BCUT2D eigenvalue weighted by Gasteiger charge is -2.21. The van der Waals surface area contributed by atoms with Crippen LogP contribution in [0, 0.1) is 0 Å². The van der Waals surface area contributed by atoms with Crippen LogP contribution in [0.2, 0.25) is 0 Å². The second-order valence-electron chi connectivity index (χ2n) is 3.42. The standard InChI is InChI=1S/C11H14ClNO2/c1-13(8-12)10(11(14)15)7-9-5-3-2-4-6-9/h2-6,10H,7-8H2,1H3,(H,14,15). The molecule has 3 nitrogen and oxygen atoms in total. The third-order valence-electron chi connectivity index (χ3n) is 2.28. The van der Waals surface area contributed by atoms with Gasteiger partial charge in [0.05, 0.1) is 6.00 Å². The highest BCUT2D eigenvalue weighted by Crippen LogP contribution is 2.08. The third kappa shape index (κ3) is 3.53. The van der Waals surface area contributed by atoms with Gasteiger partial charge >= 0.3 is 5.97 Å². The Morgan fingerprint density at radius 3 is 2.53 bits per heavy atom. The molecular weight excluding hydrogens is 214 g/mol. The predicted octanol–water partition coefficient (Wildman–Crippen LogP) is 1.81. The van der Waals surface area contributed by atoms with Crippen molar-refractivity contribution in [2.24, 2.45) is 0 Å². The molecule has 1 aromatic rings. The van der Waals surface area contributed by atoms with Gasteiger partial charge in [-0.1, -0.05) is 30.3 Å². The second kappa shape index (κ2) is 5.73. The summed E-state index contributed by atoms with van der Waals surface area (Å²) >= 11 is 5.62. The number of carbonyl (C=O) groups is 1. The average Bonchev–Trinajstić information content (AvgIpc) is 2.26. The molecule has 15 heavy (non-hydrogen) atoms. The summed E-state index contributed by atoms with van der Waals surface area (Å²) in [7, 11) is 1.70. The Kier molecular flexibility index (Phi) is 4.59. The first-order valence-electron chi connectivity index (χ1n) is 4.68. The summed E-state index contributed by atoms with van der Waals surface area (Å²) in [6, 6.07) is 9.18. The molecule has 1 rings (SSSR count). The van der Waals surface area contributed by atoms with E-state index in [1.807, 2.05) is 30.3 Å². The molecule has 0 fully saturated rings. The molecule has 0 saturated carbocycles. The smallest absolute Gasteiger partial charge is 0.321 e. The van der Waals surface area contributed by atoms with Gasteiger partial charge in [-0.3, -0.25) is 9.69 Å². The third-order valence-corrected chi connectivity index (χ3v) is 2.65. The quantitative estimate of drug-likeness (QED) is 0.616. The van der Waals surface area contributed by atoms with Crippen LogP contribution in [0.3, 0.4) is 0 Å². The zero-order chi connectivity index (χ0) is 11.3. The maximum Gasteiger partial charge on any atom is 0.321 e. The van der Waals surface area contributed by atoms with Crippen LogP contribution in [-0.2, 0) is 11.2 Å². The summed E-state index contributed by atoms with van der Waals surface area (Å²) in [5.41, 5.74) is 1.00. The fraction of sp³-hybridized carbons (Fsp3) is 0.364. The molecule has 82 valence electrons. The molecule has 4 heteroatoms. The van der Waals surface area contributed by atoms with Crippen molar-refractivity contribution in [3.05, 3.63) is 35.9 Å². The van der Waals surface area contributed by atoms with Gasteiger partial charge in [0.1, 0.15) is 6.04 Å². The van der Waals surface area contributed by atoms with Gasteiger partial charge in [0.2, 0.25) is 0 Å². The van der Waals surface area contributed by atoms with E-state index in [4.69, 9.17) is 16.7 Å². The van der Waals surface area contributed by atoms with Crippen LogP contribution in [-0.4, -0.2) is 35.1 Å². The van der Waals surface area contributed by atoms with E-state index in [2.05, 4.69) is 0 Å². The average molecular weight is 228 g/mol. The van der Waals surface area contributed by atoms with E-state index in [-0.39, 0.29) is 6.00 Å². The minimum atomic E-state index is -0.845. The SMILES string of the molecule is CN(CCl)C(Cc1ccccc1)C(=O)O. The first kappa shape index (κ1) is 12.0. The Labute approximate surface area is 94.3 Å². The second-order valence-corrected chi connectivity index (χ2v) is 3.66. The van der Waals surface area contributed by atoms with E-state index in [9.17, 15) is 4.79 Å². The number of aliphatic carboxylic acids is 1. The Hall–Kier alpha value is -1.06. The molecule has 0 aliphatic heterocycles. The number of hydrogen-bond donors (Lipinski definition) is 1. The van der Waals surface area contributed by atoms with Crippen molar-refractivity contribution in [1.29, 1.82) is 0 Å². The molecule has 0 spiro atoms. The fourth-order valence-corrected chi connectivity index (χ4v) is 1.52. The first-order valence-corrected chi connectivity index (χ1v) is 5.21. The summed E-state index contributed by atoms with van der Waals surface area (Å²) in [6.45, 7) is 0. The normalized spacial score (nSPS) is 12.7. The fourth-order valence-electron chi connectivity index (χ4n) is 1.35. The van der Waals surface area contributed by atoms with Crippen molar-refractivity contribution >= 4 is 17.6 Å². The molecule has 1 unspecified atom stereocenters. The number of nitrogens with zero attached hydrogens (tertiary/aromatic N) is 1. The molecule has 0 saturated heterocycles. The number of halogens is 1. The van der Waals surface area contributed by atoms with Crippen LogP contribution < -0.4 is 0 Å². The van der Waals surface area contributed by atoms with Gasteiger partial charge in [0.25, 0.3) is 0 Å². The highest BCUT2D eigenvalue weighted by atomic mass is 35.5. The van der Waals surface area contributed by atoms with Gasteiger partial charge in [-0.05, 0) is 19.0 Å². The maximum atomic E-state index is 11.0. The summed E-state index contributed by atoms with van der Waals surface area (Å²) < 4.78 is 0. The van der Waals surface area contributed by atoms with Crippen LogP contribution in [0.25, 0.3) is 0 Å². The van der Waals surface area contributed by atoms with Crippen LogP contribution in [0.15, 0.2) is 30.3 Å². The van der Waals surface area contributed by atoms with Gasteiger partial charge in [0, 0.05) is 0 Å². The Morgan fingerprint density at radius 2 is 2.07 bits per heavy atom. The predicted molar refractivity (Wildman–Crippen MR) is 60.1 cm³/mol. The van der Waals surface area contributed by atoms with Crippen molar-refractivity contribution in [2.75, 3.05) is 13.1 Å². The molecule has 0 aromatic heterocycles. The molecular formula is C11H14ClNO2. The van der Waals surface area contributed by atoms with E-state index in [0.717, 1.165) is 5.56 Å². The van der Waals surface area contributed by atoms with Gasteiger partial charge in [0.15, 0.2) is 0 Å². The summed E-state index contributed by atoms with van der Waals surface area (Å²) in [6.07, 6.45) is 0.472. The van der Waals surface area contributed by atoms with Crippen LogP contribution in [0.1, 0.15) is 5.56 Å². The minimum absolute atomic E-state index is 0.212. The Bertz CT molecular complexity index is 316. The van der Waals surface area contributed by atoms with Gasteiger partial charge in [-0.2, -0.15) is 0 Å². The molecule has 0 amide bonds. The Balaban J connectivity index is 2.71. The topological polar surface area (TPSA) is 40.5 Å². The monoisotopic (exact) mass is 227 g/mol. The number of carboxylic acid groups (broad SMARTS) is 1. The maximum absolute atomic E-state index is 11.0. The zero-order valence-electron chi connectivity index (χ0n) is 8.56. The summed E-state index contributed by atoms with van der Waals surface area (Å²) in [5, 5.41) is 9.04. The van der Waals surface area contributed by atoms with Crippen molar-refractivity contribution in [1.82, 2.24) is 4.90 Å². The number of benzene rings is 1. The highest BCUT2D eigenvalue weighted by Gasteiger charge is 2.21. The van der Waals surface area contributed by atoms with Crippen molar-refractivity contribution in [3.8, 4) is 0 Å². The molecule has 0 heterocycles. The molecule has 1 aromatic carbocycles. The highest BCUT2D eigenvalue weighted by molar-refractivity contribution is 6.17. The number of likely N-dealkylation sites (N-methyl/N-ethyl adjacent to an activating group) is 1. The van der Waals surface area contributed by atoms with Crippen molar-refractivity contribution in [3.63, 3.8) is 0 Å². The number of rotatable bonds is 5. The number of alkyl halides is 1. The largest absolute Gasteiger partial charge is 0.480 e. The Morgan fingerprint density at radius 1 is 1.47 bits per heavy atom. The van der Waals surface area contributed by atoms with E-state index in [1.165, 1.54) is 0 Å². The van der Waals surface area contributed by atoms with Gasteiger partial charge in [-0.25, -0.2) is 0 Å². The van der Waals surface area contributed by atoms with E-state index in [0.29, 0.717) is 6.42 Å². The molecule has 1 atom stereocenters. The van der Waals surface area contributed by atoms with E-state index < -0.39 is 12.0 Å². The lowest BCUT2D eigenvalue weighted by molar-refractivity contribution is -0.142. The van der Waals surface area contributed by atoms with Crippen LogP contribution in [0.5, 0.6) is 0 Å². The summed E-state index contributed by atoms with van der Waals surface area (Å²) in [5.74, 6) is -0.845. The van der Waals surface area contributed by atoms with Crippen LogP contribution >= 0.6 is 11.6 Å². The number of carboxylic acids is 1. The molecule has 0 aliphatic rings. The van der Waals surface area contributed by atoms with Crippen molar-refractivity contribution < 1.29 is 9.90 Å². The molecule has 1 N–H and O–H groups in total. The lowest BCUT2D eigenvalue weighted by atomic mass is 10.1. The van der Waals surface area contributed by atoms with Crippen molar-refractivity contribution in [2.45, 2.75) is 12.5 Å². The minimum Gasteiger partial charge on any atom is -0.480 e. The number of hydrogen-bond acceptors (Lipinski definition) is 2. The summed E-state index contributed by atoms with van der Waals surface area (Å²) in [4.78, 5) is 12.6. The first-order chi connectivity index (χ1) is 7.15. The van der Waals surface area contributed by atoms with Gasteiger partial charge in [-0.15, -0.1) is 11.6 Å². The van der Waals surface area contributed by atoms with E-state index >= 15 is 0 Å². The zero-order valence-corrected chi connectivity index (χ0v) is 9.31. The molecule has 0 bridgehead atoms. The van der Waals surface area contributed by atoms with Gasteiger partial charge < -0.3 is 5.11 Å². The lowest BCUT2D eigenvalue weighted by Crippen LogP contribution is -2.39. The van der Waals surface area contributed by atoms with E-state index in [1.54, 1.807) is 11.9 Å². The molecule has 0 aliphatic carbocycles. The van der Waals surface area contributed by atoms with Crippen LogP contribution in [0.4, 0.5) is 0 Å². The molecule has 0 radical (unpaired) electrons.